The molecular weight excluding hydrogens is 192 g/mol. The molecule has 0 heterocycles. The van der Waals surface area contributed by atoms with Gasteiger partial charge in [-0.2, -0.15) is 0 Å². The van der Waals surface area contributed by atoms with Gasteiger partial charge in [-0.1, -0.05) is 26.0 Å². The van der Waals surface area contributed by atoms with Crippen LogP contribution in [0.3, 0.4) is 0 Å². The first kappa shape index (κ1) is 11.7. The van der Waals surface area contributed by atoms with E-state index in [1.54, 1.807) is 12.1 Å². The van der Waals surface area contributed by atoms with Crippen molar-refractivity contribution < 1.29 is 4.92 Å². The lowest BCUT2D eigenvalue weighted by Gasteiger charge is -2.13. The highest BCUT2D eigenvalue weighted by molar-refractivity contribution is 5.35. The molecule has 0 amide bonds. The van der Waals surface area contributed by atoms with Gasteiger partial charge in [0.1, 0.15) is 0 Å². The monoisotopic (exact) mass is 208 g/mol. The van der Waals surface area contributed by atoms with Gasteiger partial charge in [-0.15, -0.1) is 0 Å². The van der Waals surface area contributed by atoms with E-state index in [9.17, 15) is 10.1 Å². The largest absolute Gasteiger partial charge is 0.324 e. The van der Waals surface area contributed by atoms with E-state index in [1.807, 2.05) is 6.07 Å². The van der Waals surface area contributed by atoms with Crippen LogP contribution in [0, 0.1) is 16.0 Å². The van der Waals surface area contributed by atoms with Crippen LogP contribution in [0.15, 0.2) is 24.3 Å². The molecule has 0 radical (unpaired) electrons. The number of nitro groups is 1. The predicted molar refractivity (Wildman–Crippen MR) is 59.5 cm³/mol. The number of hydrogen-bond acceptors (Lipinski definition) is 3. The number of hydrogen-bond donors (Lipinski definition) is 1. The Balaban J connectivity index is 2.85. The predicted octanol–water partition coefficient (Wildman–Crippen LogP) is 2.64. The Hall–Kier alpha value is -1.42. The number of nitro benzene ring substituents is 1. The molecule has 1 aromatic rings. The van der Waals surface area contributed by atoms with Gasteiger partial charge in [-0.25, -0.2) is 0 Å². The summed E-state index contributed by atoms with van der Waals surface area (Å²) < 4.78 is 0. The number of nitrogens with two attached hydrogens (primary N) is 1. The van der Waals surface area contributed by atoms with E-state index in [-0.39, 0.29) is 11.7 Å². The molecule has 82 valence electrons. The molecule has 15 heavy (non-hydrogen) atoms. The summed E-state index contributed by atoms with van der Waals surface area (Å²) in [4.78, 5) is 10.2. The average molecular weight is 208 g/mol. The summed E-state index contributed by atoms with van der Waals surface area (Å²) >= 11 is 0. The van der Waals surface area contributed by atoms with Crippen LogP contribution in [0.5, 0.6) is 0 Å². The molecule has 0 aliphatic heterocycles. The minimum atomic E-state index is -0.397. The van der Waals surface area contributed by atoms with Crippen molar-refractivity contribution in [3.8, 4) is 0 Å². The van der Waals surface area contributed by atoms with Crippen molar-refractivity contribution in [2.45, 2.75) is 26.3 Å². The van der Waals surface area contributed by atoms with Gasteiger partial charge in [-0.3, -0.25) is 10.1 Å². The van der Waals surface area contributed by atoms with Crippen molar-refractivity contribution in [1.82, 2.24) is 0 Å². The Labute approximate surface area is 89.2 Å². The van der Waals surface area contributed by atoms with Crippen molar-refractivity contribution >= 4 is 5.69 Å². The third-order valence-corrected chi connectivity index (χ3v) is 2.23. The number of rotatable bonds is 4. The molecule has 0 bridgehead atoms. The van der Waals surface area contributed by atoms with E-state index in [2.05, 4.69) is 13.8 Å². The van der Waals surface area contributed by atoms with E-state index >= 15 is 0 Å². The van der Waals surface area contributed by atoms with E-state index in [0.717, 1.165) is 12.0 Å². The van der Waals surface area contributed by atoms with E-state index < -0.39 is 4.92 Å². The normalized spacial score (nSPS) is 12.8. The zero-order valence-corrected chi connectivity index (χ0v) is 9.01. The molecule has 4 heteroatoms. The maximum absolute atomic E-state index is 10.6. The lowest BCUT2D eigenvalue weighted by molar-refractivity contribution is -0.384. The van der Waals surface area contributed by atoms with Crippen molar-refractivity contribution in [3.05, 3.63) is 39.9 Å². The molecule has 0 aliphatic carbocycles. The van der Waals surface area contributed by atoms with Crippen LogP contribution >= 0.6 is 0 Å². The summed E-state index contributed by atoms with van der Waals surface area (Å²) in [6.07, 6.45) is 0.834. The number of benzene rings is 1. The molecule has 1 aromatic carbocycles. The number of non-ortho nitro benzene ring substituents is 1. The van der Waals surface area contributed by atoms with E-state index in [4.69, 9.17) is 5.73 Å². The van der Waals surface area contributed by atoms with Crippen LogP contribution in [-0.2, 0) is 0 Å². The standard InChI is InChI=1S/C11H16N2O2/c1-8(2)6-11(12)9-4-3-5-10(7-9)13(14)15/h3-5,7-8,11H,6,12H2,1-2H3/t11-/m0/s1. The summed E-state index contributed by atoms with van der Waals surface area (Å²) in [6.45, 7) is 4.16. The second-order valence-corrected chi connectivity index (χ2v) is 4.09. The maximum Gasteiger partial charge on any atom is 0.269 e. The zero-order chi connectivity index (χ0) is 11.4. The van der Waals surface area contributed by atoms with Crippen molar-refractivity contribution in [1.29, 1.82) is 0 Å². The van der Waals surface area contributed by atoms with Crippen LogP contribution in [0.2, 0.25) is 0 Å². The fraction of sp³-hybridized carbons (Fsp3) is 0.455. The van der Waals surface area contributed by atoms with Gasteiger partial charge in [0.2, 0.25) is 0 Å². The molecule has 1 atom stereocenters. The first-order chi connectivity index (χ1) is 7.00. The Morgan fingerprint density at radius 1 is 1.47 bits per heavy atom. The van der Waals surface area contributed by atoms with Crippen LogP contribution in [0.4, 0.5) is 5.69 Å². The molecule has 0 spiro atoms. The quantitative estimate of drug-likeness (QED) is 0.610. The van der Waals surface area contributed by atoms with Crippen LogP contribution in [0.25, 0.3) is 0 Å². The first-order valence-corrected chi connectivity index (χ1v) is 5.00. The van der Waals surface area contributed by atoms with Gasteiger partial charge < -0.3 is 5.73 Å². The van der Waals surface area contributed by atoms with Crippen molar-refractivity contribution in [3.63, 3.8) is 0 Å². The SMILES string of the molecule is CC(C)C[C@H](N)c1cccc([N+](=O)[O-])c1. The summed E-state index contributed by atoms with van der Waals surface area (Å²) in [7, 11) is 0. The molecule has 0 aliphatic rings. The van der Waals surface area contributed by atoms with Gasteiger partial charge >= 0.3 is 0 Å². The fourth-order valence-electron chi connectivity index (χ4n) is 1.51. The van der Waals surface area contributed by atoms with Gasteiger partial charge in [0, 0.05) is 18.2 Å². The summed E-state index contributed by atoms with van der Waals surface area (Å²) in [5.74, 6) is 0.485. The Bertz CT molecular complexity index is 350. The lowest BCUT2D eigenvalue weighted by atomic mass is 9.98. The molecule has 0 saturated heterocycles. The first-order valence-electron chi connectivity index (χ1n) is 5.00. The second-order valence-electron chi connectivity index (χ2n) is 4.09. The average Bonchev–Trinajstić information content (AvgIpc) is 2.17. The van der Waals surface area contributed by atoms with Crippen LogP contribution in [0.1, 0.15) is 31.9 Å². The Morgan fingerprint density at radius 3 is 2.67 bits per heavy atom. The summed E-state index contributed by atoms with van der Waals surface area (Å²) in [5, 5.41) is 10.6. The molecule has 1 rings (SSSR count). The van der Waals surface area contributed by atoms with Crippen LogP contribution < -0.4 is 5.73 Å². The van der Waals surface area contributed by atoms with Crippen molar-refractivity contribution in [2.75, 3.05) is 0 Å². The van der Waals surface area contributed by atoms with E-state index in [1.165, 1.54) is 6.07 Å². The highest BCUT2D eigenvalue weighted by Gasteiger charge is 2.12. The van der Waals surface area contributed by atoms with Gasteiger partial charge in [0.05, 0.1) is 4.92 Å². The molecule has 0 saturated carbocycles. The molecular formula is C11H16N2O2. The minimum absolute atomic E-state index is 0.103. The topological polar surface area (TPSA) is 69.2 Å². The third-order valence-electron chi connectivity index (χ3n) is 2.23. The Kier molecular flexibility index (Phi) is 3.80. The lowest BCUT2D eigenvalue weighted by Crippen LogP contribution is -2.12. The zero-order valence-electron chi connectivity index (χ0n) is 9.01. The molecule has 0 unspecified atom stereocenters. The van der Waals surface area contributed by atoms with Gasteiger partial charge in [-0.05, 0) is 17.9 Å². The third kappa shape index (κ3) is 3.32. The highest BCUT2D eigenvalue weighted by atomic mass is 16.6. The molecule has 0 fully saturated rings. The number of nitrogens with zero attached hydrogens (tertiary/aromatic N) is 1. The second kappa shape index (κ2) is 4.89. The maximum atomic E-state index is 10.6. The van der Waals surface area contributed by atoms with Gasteiger partial charge in [0.15, 0.2) is 0 Å². The highest BCUT2D eigenvalue weighted by Crippen LogP contribution is 2.22. The molecule has 2 N–H and O–H groups in total. The van der Waals surface area contributed by atoms with Gasteiger partial charge in [0.25, 0.3) is 5.69 Å². The Morgan fingerprint density at radius 2 is 2.13 bits per heavy atom. The summed E-state index contributed by atoms with van der Waals surface area (Å²) in [6, 6.07) is 6.41. The fourth-order valence-corrected chi connectivity index (χ4v) is 1.51. The van der Waals surface area contributed by atoms with Crippen LogP contribution in [-0.4, -0.2) is 4.92 Å². The van der Waals surface area contributed by atoms with E-state index in [0.29, 0.717) is 5.92 Å². The van der Waals surface area contributed by atoms with Crippen molar-refractivity contribution in [2.24, 2.45) is 11.7 Å². The minimum Gasteiger partial charge on any atom is -0.324 e. The smallest absolute Gasteiger partial charge is 0.269 e. The molecule has 0 aromatic heterocycles. The summed E-state index contributed by atoms with van der Waals surface area (Å²) in [5.41, 5.74) is 6.88. The molecule has 4 nitrogen and oxygen atoms in total.